The van der Waals surface area contributed by atoms with E-state index in [2.05, 4.69) is 5.32 Å². The molecule has 8 nitrogen and oxygen atoms in total. The molecule has 1 aliphatic heterocycles. The fourth-order valence-corrected chi connectivity index (χ4v) is 7.04. The Morgan fingerprint density at radius 1 is 0.914 bits per heavy atom. The van der Waals surface area contributed by atoms with Gasteiger partial charge in [-0.1, -0.05) is 48.5 Å². The van der Waals surface area contributed by atoms with E-state index in [1.807, 2.05) is 12.1 Å². The first kappa shape index (κ1) is 22.9. The SMILES string of the molecule is CN(c1ccccc1)S(=O)(=O)c1cccc(NC(=O)CN2c3cccc4cccc(c34)S2(=O)=O)c1. The smallest absolute Gasteiger partial charge is 0.265 e. The fraction of sp³-hybridized carbons (Fsp3) is 0.0800. The molecule has 1 aliphatic rings. The van der Waals surface area contributed by atoms with Crippen LogP contribution in [-0.4, -0.2) is 36.3 Å². The number of carbonyl (C=O) groups is 1. The average molecular weight is 508 g/mol. The second kappa shape index (κ2) is 8.40. The molecular weight excluding hydrogens is 486 g/mol. The minimum atomic E-state index is -3.89. The largest absolute Gasteiger partial charge is 0.324 e. The van der Waals surface area contributed by atoms with Gasteiger partial charge < -0.3 is 5.32 Å². The second-order valence-corrected chi connectivity index (χ2v) is 11.8. The van der Waals surface area contributed by atoms with Gasteiger partial charge in [0.25, 0.3) is 20.0 Å². The molecule has 10 heteroatoms. The summed E-state index contributed by atoms with van der Waals surface area (Å²) < 4.78 is 54.6. The highest BCUT2D eigenvalue weighted by molar-refractivity contribution is 7.93. The summed E-state index contributed by atoms with van der Waals surface area (Å²) in [5.41, 5.74) is 1.17. The number of sulfonamides is 2. The van der Waals surface area contributed by atoms with Crippen molar-refractivity contribution in [3.05, 3.63) is 91.0 Å². The van der Waals surface area contributed by atoms with Gasteiger partial charge in [-0.25, -0.2) is 16.8 Å². The lowest BCUT2D eigenvalue weighted by atomic mass is 10.1. The molecule has 1 heterocycles. The van der Waals surface area contributed by atoms with Crippen LogP contribution >= 0.6 is 0 Å². The number of amides is 1. The Kier molecular flexibility index (Phi) is 5.49. The van der Waals surface area contributed by atoms with Gasteiger partial charge in [-0.15, -0.1) is 0 Å². The summed E-state index contributed by atoms with van der Waals surface area (Å²) in [6, 6.07) is 24.7. The Hall–Kier alpha value is -3.89. The maximum Gasteiger partial charge on any atom is 0.265 e. The molecule has 0 unspecified atom stereocenters. The van der Waals surface area contributed by atoms with Crippen molar-refractivity contribution >= 4 is 53.8 Å². The maximum atomic E-state index is 13.1. The zero-order chi connectivity index (χ0) is 24.8. The van der Waals surface area contributed by atoms with Crippen LogP contribution in [0.2, 0.25) is 0 Å². The second-order valence-electron chi connectivity index (χ2n) is 8.03. The van der Waals surface area contributed by atoms with Crippen LogP contribution in [0.1, 0.15) is 0 Å². The molecule has 0 fully saturated rings. The van der Waals surface area contributed by atoms with E-state index in [1.165, 1.54) is 31.3 Å². The van der Waals surface area contributed by atoms with Crippen molar-refractivity contribution in [1.29, 1.82) is 0 Å². The number of nitrogens with zero attached hydrogens (tertiary/aromatic N) is 2. The minimum Gasteiger partial charge on any atom is -0.324 e. The van der Waals surface area contributed by atoms with Crippen molar-refractivity contribution in [1.82, 2.24) is 0 Å². The molecule has 0 radical (unpaired) electrons. The molecule has 0 spiro atoms. The number of hydrogen-bond acceptors (Lipinski definition) is 5. The van der Waals surface area contributed by atoms with Gasteiger partial charge in [-0.05, 0) is 47.9 Å². The molecule has 0 saturated heterocycles. The number of hydrogen-bond donors (Lipinski definition) is 1. The van der Waals surface area contributed by atoms with E-state index >= 15 is 0 Å². The number of para-hydroxylation sites is 1. The van der Waals surface area contributed by atoms with E-state index in [4.69, 9.17) is 0 Å². The maximum absolute atomic E-state index is 13.1. The third kappa shape index (κ3) is 3.90. The van der Waals surface area contributed by atoms with Crippen LogP contribution < -0.4 is 13.9 Å². The zero-order valence-electron chi connectivity index (χ0n) is 18.6. The predicted molar refractivity (Wildman–Crippen MR) is 136 cm³/mol. The lowest BCUT2D eigenvalue weighted by molar-refractivity contribution is -0.114. The first-order valence-electron chi connectivity index (χ1n) is 10.7. The lowest BCUT2D eigenvalue weighted by Gasteiger charge is -2.20. The van der Waals surface area contributed by atoms with Crippen LogP contribution in [0.15, 0.2) is 101 Å². The summed E-state index contributed by atoms with van der Waals surface area (Å²) >= 11 is 0. The summed E-state index contributed by atoms with van der Waals surface area (Å²) in [6.45, 7) is -0.447. The van der Waals surface area contributed by atoms with Crippen molar-refractivity contribution in [3.8, 4) is 0 Å². The molecule has 0 aromatic heterocycles. The van der Waals surface area contributed by atoms with Gasteiger partial charge in [0.05, 0.1) is 21.2 Å². The molecule has 0 bridgehead atoms. The van der Waals surface area contributed by atoms with Crippen LogP contribution in [0.3, 0.4) is 0 Å². The Balaban J connectivity index is 1.38. The summed E-state index contributed by atoms with van der Waals surface area (Å²) in [5.74, 6) is -0.593. The highest BCUT2D eigenvalue weighted by atomic mass is 32.2. The highest BCUT2D eigenvalue weighted by Crippen LogP contribution is 2.41. The summed E-state index contributed by atoms with van der Waals surface area (Å²) in [4.78, 5) is 13.0. The number of anilines is 3. The molecule has 178 valence electrons. The normalized spacial score (nSPS) is 14.1. The summed E-state index contributed by atoms with van der Waals surface area (Å²) in [5, 5.41) is 3.98. The molecule has 1 N–H and O–H groups in total. The predicted octanol–water partition coefficient (Wildman–Crippen LogP) is 3.81. The lowest BCUT2D eigenvalue weighted by Crippen LogP contribution is -2.35. The number of benzene rings is 4. The van der Waals surface area contributed by atoms with Gasteiger partial charge in [0, 0.05) is 18.1 Å². The quantitative estimate of drug-likeness (QED) is 0.427. The monoisotopic (exact) mass is 507 g/mol. The Morgan fingerprint density at radius 2 is 1.60 bits per heavy atom. The highest BCUT2D eigenvalue weighted by Gasteiger charge is 2.36. The van der Waals surface area contributed by atoms with E-state index < -0.39 is 32.5 Å². The first-order chi connectivity index (χ1) is 16.7. The van der Waals surface area contributed by atoms with Gasteiger partial charge >= 0.3 is 0 Å². The van der Waals surface area contributed by atoms with Crippen LogP contribution in [0, 0.1) is 0 Å². The third-order valence-electron chi connectivity index (χ3n) is 5.86. The van der Waals surface area contributed by atoms with E-state index in [-0.39, 0.29) is 15.5 Å². The Morgan fingerprint density at radius 3 is 2.34 bits per heavy atom. The van der Waals surface area contributed by atoms with Gasteiger partial charge in [0.1, 0.15) is 6.54 Å². The summed E-state index contributed by atoms with van der Waals surface area (Å²) in [7, 11) is -6.32. The molecule has 0 saturated carbocycles. The van der Waals surface area contributed by atoms with Crippen molar-refractivity contribution in [2.75, 3.05) is 27.5 Å². The third-order valence-corrected chi connectivity index (χ3v) is 9.45. The Bertz CT molecular complexity index is 1660. The molecule has 4 aromatic carbocycles. The molecule has 1 amide bonds. The van der Waals surface area contributed by atoms with Crippen LogP contribution in [0.25, 0.3) is 10.8 Å². The van der Waals surface area contributed by atoms with Crippen LogP contribution in [0.5, 0.6) is 0 Å². The molecule has 4 aromatic rings. The number of nitrogens with one attached hydrogen (secondary N) is 1. The van der Waals surface area contributed by atoms with Crippen LogP contribution in [-0.2, 0) is 24.8 Å². The average Bonchev–Trinajstić information content (AvgIpc) is 3.07. The fourth-order valence-electron chi connectivity index (χ4n) is 4.13. The van der Waals surface area contributed by atoms with Gasteiger partial charge in [-0.3, -0.25) is 13.4 Å². The van der Waals surface area contributed by atoms with Gasteiger partial charge in [0.2, 0.25) is 5.91 Å². The molecule has 0 atom stereocenters. The number of rotatable bonds is 6. The van der Waals surface area contributed by atoms with Crippen molar-refractivity contribution in [2.45, 2.75) is 9.79 Å². The Labute approximate surface area is 203 Å². The minimum absolute atomic E-state index is 0.00683. The topological polar surface area (TPSA) is 104 Å². The van der Waals surface area contributed by atoms with E-state index in [1.54, 1.807) is 54.6 Å². The number of carbonyl (C=O) groups excluding carboxylic acids is 1. The molecule has 0 aliphatic carbocycles. The standard InChI is InChI=1S/C25H21N3O5S2/c1-27(20-11-3-2-4-12-20)34(30,31)21-13-7-10-19(16-21)26-24(29)17-28-22-14-5-8-18-9-6-15-23(25(18)22)35(28,32)33/h2-16H,17H2,1H3,(H,26,29). The van der Waals surface area contributed by atoms with Crippen molar-refractivity contribution in [3.63, 3.8) is 0 Å². The van der Waals surface area contributed by atoms with Crippen molar-refractivity contribution in [2.24, 2.45) is 0 Å². The molecular formula is C25H21N3O5S2. The molecule has 5 rings (SSSR count). The zero-order valence-corrected chi connectivity index (χ0v) is 20.3. The summed E-state index contributed by atoms with van der Waals surface area (Å²) in [6.07, 6.45) is 0. The van der Waals surface area contributed by atoms with E-state index in [9.17, 15) is 21.6 Å². The van der Waals surface area contributed by atoms with Gasteiger partial charge in [-0.2, -0.15) is 0 Å². The van der Waals surface area contributed by atoms with Crippen molar-refractivity contribution < 1.29 is 21.6 Å². The van der Waals surface area contributed by atoms with E-state index in [0.29, 0.717) is 16.8 Å². The molecule has 35 heavy (non-hydrogen) atoms. The first-order valence-corrected chi connectivity index (χ1v) is 13.6. The van der Waals surface area contributed by atoms with Gasteiger partial charge in [0.15, 0.2) is 0 Å². The van der Waals surface area contributed by atoms with E-state index in [0.717, 1.165) is 14.0 Å². The van der Waals surface area contributed by atoms with Crippen LogP contribution in [0.4, 0.5) is 17.1 Å².